The summed E-state index contributed by atoms with van der Waals surface area (Å²) in [5.41, 5.74) is 6.41. The molecule has 0 aliphatic rings. The number of nitrogens with two attached hydrogens (primary N) is 1. The van der Waals surface area contributed by atoms with Crippen LogP contribution in [0.25, 0.3) is 0 Å². The van der Waals surface area contributed by atoms with Crippen molar-refractivity contribution in [3.63, 3.8) is 0 Å². The minimum absolute atomic E-state index is 0.264. The van der Waals surface area contributed by atoms with Gasteiger partial charge in [-0.25, -0.2) is 8.78 Å². The van der Waals surface area contributed by atoms with E-state index in [4.69, 9.17) is 5.73 Å². The molecule has 0 aromatic heterocycles. The van der Waals surface area contributed by atoms with Gasteiger partial charge in [-0.2, -0.15) is 0 Å². The number of hydrogen-bond acceptors (Lipinski definition) is 2. The third kappa shape index (κ3) is 4.40. The van der Waals surface area contributed by atoms with Gasteiger partial charge in [0.15, 0.2) is 11.6 Å². The SMILES string of the molecule is CC(C)C(CN)NCCc1ccc(F)c(F)c1. The fraction of sp³-hybridized carbons (Fsp3) is 0.538. The van der Waals surface area contributed by atoms with Gasteiger partial charge in [-0.3, -0.25) is 0 Å². The molecule has 1 aromatic rings. The van der Waals surface area contributed by atoms with Crippen LogP contribution in [0.4, 0.5) is 8.78 Å². The van der Waals surface area contributed by atoms with Gasteiger partial charge in [-0.15, -0.1) is 0 Å². The molecule has 0 aliphatic carbocycles. The molecule has 1 aromatic carbocycles. The number of rotatable bonds is 6. The smallest absolute Gasteiger partial charge is 0.159 e. The number of benzene rings is 1. The van der Waals surface area contributed by atoms with E-state index in [1.165, 1.54) is 6.07 Å². The van der Waals surface area contributed by atoms with Crippen LogP contribution in [0.2, 0.25) is 0 Å². The largest absolute Gasteiger partial charge is 0.329 e. The molecule has 4 heteroatoms. The molecule has 17 heavy (non-hydrogen) atoms. The van der Waals surface area contributed by atoms with Crippen LogP contribution in [0.15, 0.2) is 18.2 Å². The Hall–Kier alpha value is -1.00. The highest BCUT2D eigenvalue weighted by Gasteiger charge is 2.10. The van der Waals surface area contributed by atoms with Crippen LogP contribution < -0.4 is 11.1 Å². The third-order valence-electron chi connectivity index (χ3n) is 2.86. The first-order chi connectivity index (χ1) is 8.04. The second-order valence-corrected chi connectivity index (χ2v) is 4.54. The Morgan fingerprint density at radius 3 is 2.47 bits per heavy atom. The molecular formula is C13H20F2N2. The summed E-state index contributed by atoms with van der Waals surface area (Å²) in [5.74, 6) is -1.13. The normalized spacial score (nSPS) is 13.1. The molecule has 96 valence electrons. The molecule has 0 bridgehead atoms. The van der Waals surface area contributed by atoms with Gasteiger partial charge < -0.3 is 11.1 Å². The summed E-state index contributed by atoms with van der Waals surface area (Å²) in [4.78, 5) is 0. The van der Waals surface area contributed by atoms with Gasteiger partial charge in [0.05, 0.1) is 0 Å². The predicted molar refractivity (Wildman–Crippen MR) is 65.7 cm³/mol. The van der Waals surface area contributed by atoms with Crippen LogP contribution in [0.3, 0.4) is 0 Å². The van der Waals surface area contributed by atoms with Gasteiger partial charge in [0.25, 0.3) is 0 Å². The van der Waals surface area contributed by atoms with Crippen molar-refractivity contribution in [1.29, 1.82) is 0 Å². The molecule has 0 aliphatic heterocycles. The Labute approximate surface area is 101 Å². The van der Waals surface area contributed by atoms with Crippen LogP contribution in [-0.4, -0.2) is 19.1 Å². The van der Waals surface area contributed by atoms with Crippen molar-refractivity contribution in [3.8, 4) is 0 Å². The summed E-state index contributed by atoms with van der Waals surface area (Å²) in [6.45, 7) is 5.49. The lowest BCUT2D eigenvalue weighted by Gasteiger charge is -2.20. The zero-order valence-electron chi connectivity index (χ0n) is 10.3. The Kier molecular flexibility index (Phi) is 5.51. The lowest BCUT2D eigenvalue weighted by Crippen LogP contribution is -2.41. The highest BCUT2D eigenvalue weighted by atomic mass is 19.2. The highest BCUT2D eigenvalue weighted by molar-refractivity contribution is 5.18. The molecule has 0 amide bonds. The van der Waals surface area contributed by atoms with Gasteiger partial charge in [-0.1, -0.05) is 19.9 Å². The monoisotopic (exact) mass is 242 g/mol. The van der Waals surface area contributed by atoms with E-state index in [-0.39, 0.29) is 6.04 Å². The summed E-state index contributed by atoms with van der Waals surface area (Å²) in [6.07, 6.45) is 0.667. The molecule has 0 fully saturated rings. The predicted octanol–water partition coefficient (Wildman–Crippen LogP) is 2.08. The van der Waals surface area contributed by atoms with E-state index in [1.807, 2.05) is 0 Å². The van der Waals surface area contributed by atoms with Crippen molar-refractivity contribution in [2.75, 3.05) is 13.1 Å². The minimum Gasteiger partial charge on any atom is -0.329 e. The molecule has 0 spiro atoms. The second-order valence-electron chi connectivity index (χ2n) is 4.54. The van der Waals surface area contributed by atoms with Crippen LogP contribution in [0.5, 0.6) is 0 Å². The second kappa shape index (κ2) is 6.67. The van der Waals surface area contributed by atoms with Gasteiger partial charge in [0.2, 0.25) is 0 Å². The van der Waals surface area contributed by atoms with E-state index < -0.39 is 11.6 Å². The molecule has 3 N–H and O–H groups in total. The molecular weight excluding hydrogens is 222 g/mol. The highest BCUT2D eigenvalue weighted by Crippen LogP contribution is 2.09. The number of halogens is 2. The fourth-order valence-electron chi connectivity index (χ4n) is 1.69. The fourth-order valence-corrected chi connectivity index (χ4v) is 1.69. The maximum absolute atomic E-state index is 12.9. The van der Waals surface area contributed by atoms with Crippen molar-refractivity contribution in [2.24, 2.45) is 11.7 Å². The van der Waals surface area contributed by atoms with E-state index in [0.29, 0.717) is 25.4 Å². The van der Waals surface area contributed by atoms with E-state index in [0.717, 1.165) is 11.6 Å². The van der Waals surface area contributed by atoms with Crippen molar-refractivity contribution < 1.29 is 8.78 Å². The van der Waals surface area contributed by atoms with Crippen LogP contribution in [-0.2, 0) is 6.42 Å². The van der Waals surface area contributed by atoms with Crippen molar-refractivity contribution in [2.45, 2.75) is 26.3 Å². The van der Waals surface area contributed by atoms with Crippen molar-refractivity contribution in [1.82, 2.24) is 5.32 Å². The lowest BCUT2D eigenvalue weighted by atomic mass is 10.0. The Morgan fingerprint density at radius 1 is 1.24 bits per heavy atom. The van der Waals surface area contributed by atoms with E-state index >= 15 is 0 Å². The van der Waals surface area contributed by atoms with Gasteiger partial charge in [0, 0.05) is 12.6 Å². The lowest BCUT2D eigenvalue weighted by molar-refractivity contribution is 0.408. The minimum atomic E-state index is -0.802. The van der Waals surface area contributed by atoms with Crippen LogP contribution in [0, 0.1) is 17.6 Å². The Morgan fingerprint density at radius 2 is 1.94 bits per heavy atom. The topological polar surface area (TPSA) is 38.0 Å². The average Bonchev–Trinajstić information content (AvgIpc) is 2.28. The molecule has 1 atom stereocenters. The van der Waals surface area contributed by atoms with E-state index in [1.54, 1.807) is 6.07 Å². The van der Waals surface area contributed by atoms with Gasteiger partial charge in [0.1, 0.15) is 0 Å². The summed E-state index contributed by atoms with van der Waals surface area (Å²) in [5, 5.41) is 3.31. The molecule has 0 saturated heterocycles. The standard InChI is InChI=1S/C13H20F2N2/c1-9(2)13(8-16)17-6-5-10-3-4-11(14)12(15)7-10/h3-4,7,9,13,17H,5-6,8,16H2,1-2H3. The summed E-state index contributed by atoms with van der Waals surface area (Å²) in [6, 6.07) is 4.27. The first kappa shape index (κ1) is 14.1. The summed E-state index contributed by atoms with van der Waals surface area (Å²) in [7, 11) is 0. The quantitative estimate of drug-likeness (QED) is 0.801. The molecule has 1 unspecified atom stereocenters. The molecule has 0 radical (unpaired) electrons. The summed E-state index contributed by atoms with van der Waals surface area (Å²) >= 11 is 0. The zero-order chi connectivity index (χ0) is 12.8. The Balaban J connectivity index is 2.42. The third-order valence-corrected chi connectivity index (χ3v) is 2.86. The van der Waals surface area contributed by atoms with E-state index in [9.17, 15) is 8.78 Å². The number of hydrogen-bond donors (Lipinski definition) is 2. The van der Waals surface area contributed by atoms with Gasteiger partial charge >= 0.3 is 0 Å². The molecule has 0 heterocycles. The molecule has 2 nitrogen and oxygen atoms in total. The summed E-state index contributed by atoms with van der Waals surface area (Å²) < 4.78 is 25.6. The van der Waals surface area contributed by atoms with E-state index in [2.05, 4.69) is 19.2 Å². The Bertz CT molecular complexity index is 353. The average molecular weight is 242 g/mol. The molecule has 1 rings (SSSR count). The van der Waals surface area contributed by atoms with Crippen LogP contribution in [0.1, 0.15) is 19.4 Å². The molecule has 0 saturated carbocycles. The maximum Gasteiger partial charge on any atom is 0.159 e. The first-order valence-electron chi connectivity index (χ1n) is 5.92. The number of nitrogens with one attached hydrogen (secondary N) is 1. The van der Waals surface area contributed by atoms with Crippen LogP contribution >= 0.6 is 0 Å². The maximum atomic E-state index is 12.9. The van der Waals surface area contributed by atoms with Gasteiger partial charge in [-0.05, 0) is 36.6 Å². The van der Waals surface area contributed by atoms with Crippen molar-refractivity contribution in [3.05, 3.63) is 35.4 Å². The zero-order valence-corrected chi connectivity index (χ0v) is 10.3. The first-order valence-corrected chi connectivity index (χ1v) is 5.92. The van der Waals surface area contributed by atoms with Crippen molar-refractivity contribution >= 4 is 0 Å².